The molecule has 1 N–H and O–H groups in total. The fourth-order valence-corrected chi connectivity index (χ4v) is 3.91. The molecule has 0 aliphatic rings. The number of nitrogens with one attached hydrogen (secondary N) is 1. The molecule has 3 nitrogen and oxygen atoms in total. The van der Waals surface area contributed by atoms with Crippen LogP contribution in [0.3, 0.4) is 0 Å². The molecule has 34 heavy (non-hydrogen) atoms. The first-order chi connectivity index (χ1) is 16.0. The van der Waals surface area contributed by atoms with Gasteiger partial charge in [-0.25, -0.2) is 4.39 Å². The van der Waals surface area contributed by atoms with Crippen LogP contribution in [0.4, 0.5) is 17.6 Å². The van der Waals surface area contributed by atoms with Crippen molar-refractivity contribution >= 4 is 46.8 Å². The van der Waals surface area contributed by atoms with E-state index in [4.69, 9.17) is 34.8 Å². The summed E-state index contributed by atoms with van der Waals surface area (Å²) in [7, 11) is 0. The molecule has 0 bridgehead atoms. The second-order valence-electron chi connectivity index (χ2n) is 7.40. The van der Waals surface area contributed by atoms with Crippen LogP contribution < -0.4 is 5.32 Å². The third kappa shape index (κ3) is 6.50. The Morgan fingerprint density at radius 2 is 1.76 bits per heavy atom. The van der Waals surface area contributed by atoms with Gasteiger partial charge in [0.1, 0.15) is 0 Å². The van der Waals surface area contributed by atoms with Crippen LogP contribution in [0.2, 0.25) is 15.1 Å². The summed E-state index contributed by atoms with van der Waals surface area (Å²) in [6.45, 7) is 1.83. The highest BCUT2D eigenvalue weighted by molar-refractivity contribution is 6.35. The molecule has 1 unspecified atom stereocenters. The molecule has 0 saturated heterocycles. The largest absolute Gasteiger partial charge is 0.399 e. The Balaban J connectivity index is 1.78. The van der Waals surface area contributed by atoms with Crippen molar-refractivity contribution in [2.24, 2.45) is 0 Å². The highest BCUT2D eigenvalue weighted by Crippen LogP contribution is 2.39. The molecule has 1 aromatic heterocycles. The maximum absolute atomic E-state index is 13.7. The summed E-state index contributed by atoms with van der Waals surface area (Å²) >= 11 is 17.2. The van der Waals surface area contributed by atoms with Gasteiger partial charge in [0, 0.05) is 16.8 Å². The maximum atomic E-state index is 13.7. The van der Waals surface area contributed by atoms with Crippen molar-refractivity contribution in [2.75, 3.05) is 0 Å². The van der Waals surface area contributed by atoms with Gasteiger partial charge in [0.25, 0.3) is 5.91 Å². The zero-order valence-corrected chi connectivity index (χ0v) is 19.8. The number of halogens is 7. The number of amides is 1. The van der Waals surface area contributed by atoms with Crippen LogP contribution in [0.1, 0.15) is 38.7 Å². The zero-order valence-electron chi connectivity index (χ0n) is 17.6. The molecule has 10 heteroatoms. The normalized spacial score (nSPS) is 12.7. The maximum Gasteiger partial charge on any atom is 0.399 e. The lowest BCUT2D eigenvalue weighted by Gasteiger charge is -2.18. The summed E-state index contributed by atoms with van der Waals surface area (Å²) in [5, 5.41) is 2.23. The van der Waals surface area contributed by atoms with Crippen LogP contribution in [0.15, 0.2) is 54.7 Å². The van der Waals surface area contributed by atoms with Crippen molar-refractivity contribution < 1.29 is 22.4 Å². The monoisotopic (exact) mass is 530 g/mol. The minimum atomic E-state index is -4.66. The van der Waals surface area contributed by atoms with Crippen molar-refractivity contribution in [3.8, 4) is 0 Å². The topological polar surface area (TPSA) is 42.0 Å². The van der Waals surface area contributed by atoms with Gasteiger partial charge in [-0.15, -0.1) is 0 Å². The highest BCUT2D eigenvalue weighted by Gasteiger charge is 2.39. The highest BCUT2D eigenvalue weighted by atomic mass is 35.5. The van der Waals surface area contributed by atoms with Gasteiger partial charge in [0.2, 0.25) is 0 Å². The lowest BCUT2D eigenvalue weighted by atomic mass is 9.96. The van der Waals surface area contributed by atoms with Gasteiger partial charge in [-0.2, -0.15) is 13.2 Å². The first-order valence-corrected chi connectivity index (χ1v) is 11.0. The van der Waals surface area contributed by atoms with E-state index in [1.807, 2.05) is 0 Å². The molecule has 178 valence electrons. The van der Waals surface area contributed by atoms with Crippen LogP contribution in [0, 0.1) is 12.7 Å². The van der Waals surface area contributed by atoms with E-state index in [-0.39, 0.29) is 18.0 Å². The third-order valence-corrected chi connectivity index (χ3v) is 5.69. The fourth-order valence-electron chi connectivity index (χ4n) is 3.23. The Kier molecular flexibility index (Phi) is 8.23. The number of carbonyl (C=O) groups excluding carboxylic acids is 1. The lowest BCUT2D eigenvalue weighted by Crippen LogP contribution is -2.24. The standard InChI is InChI=1S/C24H17Cl3F4N2O/c1-13-8-14(2-4-18(13)23(34)33-12-17-11-16(25)6-7-32-17)3-5-19(24(29,30)31)15-9-20(26)22(28)21(27)10-15/h2-11,19H,12H2,1H3,(H,33,34). The summed E-state index contributed by atoms with van der Waals surface area (Å²) in [6, 6.07) is 9.67. The number of rotatable bonds is 6. The van der Waals surface area contributed by atoms with Crippen LogP contribution in [-0.2, 0) is 6.54 Å². The number of hydrogen-bond acceptors (Lipinski definition) is 2. The molecule has 2 aromatic carbocycles. The first-order valence-electron chi connectivity index (χ1n) is 9.84. The number of benzene rings is 2. The summed E-state index contributed by atoms with van der Waals surface area (Å²) < 4.78 is 54.7. The van der Waals surface area contributed by atoms with Gasteiger partial charge in [-0.1, -0.05) is 59.1 Å². The van der Waals surface area contributed by atoms with E-state index in [2.05, 4.69) is 10.3 Å². The average Bonchev–Trinajstić information content (AvgIpc) is 2.75. The van der Waals surface area contributed by atoms with E-state index in [0.717, 1.165) is 18.2 Å². The summed E-state index contributed by atoms with van der Waals surface area (Å²) in [6.07, 6.45) is -0.935. The van der Waals surface area contributed by atoms with Crippen LogP contribution >= 0.6 is 34.8 Å². The lowest BCUT2D eigenvalue weighted by molar-refractivity contribution is -0.139. The predicted molar refractivity (Wildman–Crippen MR) is 126 cm³/mol. The molecule has 0 radical (unpaired) electrons. The molecular weight excluding hydrogens is 515 g/mol. The van der Waals surface area contributed by atoms with Crippen LogP contribution in [0.5, 0.6) is 0 Å². The molecule has 0 aliphatic heterocycles. The Morgan fingerprint density at radius 3 is 2.35 bits per heavy atom. The van der Waals surface area contributed by atoms with Gasteiger partial charge in [-0.05, 0) is 53.9 Å². The Hall–Kier alpha value is -2.61. The summed E-state index contributed by atoms with van der Waals surface area (Å²) in [5.41, 5.74) is 1.66. The number of hydrogen-bond donors (Lipinski definition) is 1. The van der Waals surface area contributed by atoms with E-state index in [1.165, 1.54) is 24.4 Å². The second-order valence-corrected chi connectivity index (χ2v) is 8.65. The SMILES string of the molecule is Cc1cc(C=CC(c2cc(Cl)c(F)c(Cl)c2)C(F)(F)F)ccc1C(=O)NCc1cc(Cl)ccn1. The van der Waals surface area contributed by atoms with Crippen molar-refractivity contribution in [1.82, 2.24) is 10.3 Å². The Bertz CT molecular complexity index is 1220. The van der Waals surface area contributed by atoms with Crippen molar-refractivity contribution in [2.45, 2.75) is 25.6 Å². The molecule has 0 saturated carbocycles. The predicted octanol–water partition coefficient (Wildman–Crippen LogP) is 7.78. The summed E-state index contributed by atoms with van der Waals surface area (Å²) in [5.74, 6) is -3.40. The first kappa shape index (κ1) is 26.0. The van der Waals surface area contributed by atoms with Gasteiger partial charge in [0.15, 0.2) is 5.82 Å². The molecule has 1 amide bonds. The van der Waals surface area contributed by atoms with E-state index in [9.17, 15) is 22.4 Å². The van der Waals surface area contributed by atoms with Gasteiger partial charge in [-0.3, -0.25) is 9.78 Å². The second kappa shape index (κ2) is 10.8. The van der Waals surface area contributed by atoms with Gasteiger partial charge in [0.05, 0.1) is 28.2 Å². The number of carbonyl (C=O) groups is 1. The van der Waals surface area contributed by atoms with E-state index < -0.39 is 28.0 Å². The molecule has 0 aliphatic carbocycles. The van der Waals surface area contributed by atoms with Crippen molar-refractivity contribution in [1.29, 1.82) is 0 Å². The Morgan fingerprint density at radius 1 is 1.09 bits per heavy atom. The fraction of sp³-hybridized carbons (Fsp3) is 0.167. The van der Waals surface area contributed by atoms with E-state index in [1.54, 1.807) is 25.1 Å². The smallest absolute Gasteiger partial charge is 0.346 e. The molecule has 3 aromatic rings. The molecule has 0 spiro atoms. The minimum absolute atomic E-state index is 0.163. The average molecular weight is 532 g/mol. The van der Waals surface area contributed by atoms with E-state index >= 15 is 0 Å². The number of aryl methyl sites for hydroxylation is 1. The molecular formula is C24H17Cl3F4N2O. The number of allylic oxidation sites excluding steroid dienone is 1. The van der Waals surface area contributed by atoms with Crippen LogP contribution in [-0.4, -0.2) is 17.1 Å². The number of aromatic nitrogens is 1. The summed E-state index contributed by atoms with van der Waals surface area (Å²) in [4.78, 5) is 16.6. The zero-order chi connectivity index (χ0) is 25.0. The quantitative estimate of drug-likeness (QED) is 0.261. The third-order valence-electron chi connectivity index (χ3n) is 4.90. The molecule has 1 atom stereocenters. The van der Waals surface area contributed by atoms with Crippen molar-refractivity contribution in [3.63, 3.8) is 0 Å². The number of pyridine rings is 1. The van der Waals surface area contributed by atoms with Crippen LogP contribution in [0.25, 0.3) is 6.08 Å². The van der Waals surface area contributed by atoms with Crippen molar-refractivity contribution in [3.05, 3.63) is 104 Å². The number of nitrogens with zero attached hydrogens (tertiary/aromatic N) is 1. The molecule has 1 heterocycles. The van der Waals surface area contributed by atoms with E-state index in [0.29, 0.717) is 27.4 Å². The number of alkyl halides is 3. The van der Waals surface area contributed by atoms with Gasteiger partial charge >= 0.3 is 6.18 Å². The molecule has 3 rings (SSSR count). The molecule has 0 fully saturated rings. The Labute approximate surface area is 208 Å². The minimum Gasteiger partial charge on any atom is -0.346 e. The van der Waals surface area contributed by atoms with Gasteiger partial charge < -0.3 is 5.32 Å².